The molecule has 0 aliphatic carbocycles. The van der Waals surface area contributed by atoms with Gasteiger partial charge in [-0.15, -0.1) is 10.2 Å². The molecule has 8 heteroatoms. The van der Waals surface area contributed by atoms with Gasteiger partial charge in [-0.2, -0.15) is 0 Å². The zero-order chi connectivity index (χ0) is 17.3. The molecule has 2 aromatic rings. The Balaban J connectivity index is 1.79. The number of ether oxygens (including phenoxy) is 2. The number of benzene rings is 1. The van der Waals surface area contributed by atoms with Gasteiger partial charge in [0.25, 0.3) is 5.79 Å². The van der Waals surface area contributed by atoms with E-state index in [1.54, 1.807) is 31.2 Å². The zero-order valence-electron chi connectivity index (χ0n) is 13.3. The summed E-state index contributed by atoms with van der Waals surface area (Å²) in [6.07, 6.45) is 1.25. The Hall–Kier alpha value is -3.16. The van der Waals surface area contributed by atoms with Crippen molar-refractivity contribution in [2.45, 2.75) is 26.6 Å². The predicted molar refractivity (Wildman–Crippen MR) is 82.4 cm³/mol. The van der Waals surface area contributed by atoms with Gasteiger partial charge >= 0.3 is 11.9 Å². The predicted octanol–water partition coefficient (Wildman–Crippen LogP) is 2.18. The van der Waals surface area contributed by atoms with Crippen molar-refractivity contribution in [3.8, 4) is 11.5 Å². The standard InChI is InChI=1S/C16H15N3O5/c1-9-18-19-13(22-9)10-5-4-6-11(7-10)17-8-12-14(20)23-16(2,3)24-15(12)21/h4-8,17H,1-3H3. The Kier molecular flexibility index (Phi) is 3.80. The highest BCUT2D eigenvalue weighted by atomic mass is 16.7. The number of cyclic esters (lactones) is 2. The Labute approximate surface area is 137 Å². The van der Waals surface area contributed by atoms with Crippen molar-refractivity contribution in [3.05, 3.63) is 41.9 Å². The molecule has 1 aliphatic heterocycles. The van der Waals surface area contributed by atoms with Gasteiger partial charge in [0.2, 0.25) is 11.8 Å². The smallest absolute Gasteiger partial charge is 0.350 e. The second-order valence-corrected chi connectivity index (χ2v) is 5.59. The molecule has 8 nitrogen and oxygen atoms in total. The lowest BCUT2D eigenvalue weighted by Crippen LogP contribution is -2.42. The van der Waals surface area contributed by atoms with Crippen LogP contribution in [-0.4, -0.2) is 27.9 Å². The van der Waals surface area contributed by atoms with Gasteiger partial charge in [0.05, 0.1) is 0 Å². The minimum absolute atomic E-state index is 0.214. The molecule has 0 amide bonds. The fraction of sp³-hybridized carbons (Fsp3) is 0.250. The first-order chi connectivity index (χ1) is 11.3. The summed E-state index contributed by atoms with van der Waals surface area (Å²) in [7, 11) is 0. The Morgan fingerprint density at radius 2 is 1.83 bits per heavy atom. The van der Waals surface area contributed by atoms with E-state index in [-0.39, 0.29) is 5.57 Å². The fourth-order valence-corrected chi connectivity index (χ4v) is 2.09. The minimum atomic E-state index is -1.26. The van der Waals surface area contributed by atoms with E-state index in [2.05, 4.69) is 15.5 Å². The van der Waals surface area contributed by atoms with Crippen molar-refractivity contribution in [2.24, 2.45) is 0 Å². The largest absolute Gasteiger partial charge is 0.421 e. The van der Waals surface area contributed by atoms with Gasteiger partial charge in [0.1, 0.15) is 0 Å². The van der Waals surface area contributed by atoms with Crippen LogP contribution >= 0.6 is 0 Å². The molecule has 1 saturated heterocycles. The number of anilines is 1. The molecule has 2 heterocycles. The SMILES string of the molecule is Cc1nnc(-c2cccc(NC=C3C(=O)OC(C)(C)OC3=O)c2)o1. The summed E-state index contributed by atoms with van der Waals surface area (Å²) >= 11 is 0. The van der Waals surface area contributed by atoms with Crippen molar-refractivity contribution in [1.82, 2.24) is 10.2 Å². The summed E-state index contributed by atoms with van der Waals surface area (Å²) in [5.41, 5.74) is 1.11. The highest BCUT2D eigenvalue weighted by Gasteiger charge is 2.38. The molecule has 1 aliphatic rings. The Morgan fingerprint density at radius 1 is 1.12 bits per heavy atom. The van der Waals surface area contributed by atoms with Crippen LogP contribution < -0.4 is 5.32 Å². The molecule has 0 saturated carbocycles. The summed E-state index contributed by atoms with van der Waals surface area (Å²) in [6, 6.07) is 7.08. The molecule has 0 bridgehead atoms. The van der Waals surface area contributed by atoms with Crippen LogP contribution in [0.4, 0.5) is 5.69 Å². The summed E-state index contributed by atoms with van der Waals surface area (Å²) in [6.45, 7) is 4.68. The second-order valence-electron chi connectivity index (χ2n) is 5.59. The van der Waals surface area contributed by atoms with Crippen molar-refractivity contribution in [2.75, 3.05) is 5.32 Å². The van der Waals surface area contributed by atoms with Crippen LogP contribution in [0, 0.1) is 6.92 Å². The average Bonchev–Trinajstić information content (AvgIpc) is 2.92. The number of aryl methyl sites for hydroxylation is 1. The molecule has 0 spiro atoms. The van der Waals surface area contributed by atoms with Gasteiger partial charge < -0.3 is 19.2 Å². The molecular weight excluding hydrogens is 314 g/mol. The lowest BCUT2D eigenvalue weighted by molar-refractivity contribution is -0.222. The monoisotopic (exact) mass is 329 g/mol. The zero-order valence-corrected chi connectivity index (χ0v) is 13.3. The summed E-state index contributed by atoms with van der Waals surface area (Å²) in [5.74, 6) is -1.91. The normalized spacial score (nSPS) is 16.4. The molecule has 1 N–H and O–H groups in total. The quantitative estimate of drug-likeness (QED) is 0.519. The van der Waals surface area contributed by atoms with Crippen LogP contribution in [-0.2, 0) is 19.1 Å². The third-order valence-corrected chi connectivity index (χ3v) is 3.14. The molecular formula is C16H15N3O5. The molecule has 1 aromatic heterocycles. The lowest BCUT2D eigenvalue weighted by Gasteiger charge is -2.29. The van der Waals surface area contributed by atoms with Gasteiger partial charge in [-0.25, -0.2) is 9.59 Å². The topological polar surface area (TPSA) is 104 Å². The number of rotatable bonds is 3. The van der Waals surface area contributed by atoms with E-state index in [4.69, 9.17) is 13.9 Å². The van der Waals surface area contributed by atoms with Crippen LogP contribution in [0.15, 0.2) is 40.5 Å². The first kappa shape index (κ1) is 15.7. The molecule has 0 unspecified atom stereocenters. The molecule has 1 aromatic carbocycles. The maximum atomic E-state index is 11.9. The number of esters is 2. The molecule has 124 valence electrons. The first-order valence-electron chi connectivity index (χ1n) is 7.18. The number of carbonyl (C=O) groups excluding carboxylic acids is 2. The van der Waals surface area contributed by atoms with Gasteiger partial charge in [-0.05, 0) is 18.2 Å². The highest BCUT2D eigenvalue weighted by Crippen LogP contribution is 2.24. The number of carbonyl (C=O) groups is 2. The maximum absolute atomic E-state index is 11.9. The number of nitrogens with one attached hydrogen (secondary N) is 1. The van der Waals surface area contributed by atoms with Gasteiger partial charge in [0.15, 0.2) is 5.57 Å². The van der Waals surface area contributed by atoms with Crippen LogP contribution in [0.5, 0.6) is 0 Å². The van der Waals surface area contributed by atoms with Crippen LogP contribution in [0.2, 0.25) is 0 Å². The average molecular weight is 329 g/mol. The minimum Gasteiger partial charge on any atom is -0.421 e. The second kappa shape index (κ2) is 5.80. The first-order valence-corrected chi connectivity index (χ1v) is 7.18. The van der Waals surface area contributed by atoms with E-state index in [0.29, 0.717) is 23.0 Å². The number of nitrogens with zero attached hydrogens (tertiary/aromatic N) is 2. The Morgan fingerprint density at radius 3 is 2.46 bits per heavy atom. The maximum Gasteiger partial charge on any atom is 0.350 e. The van der Waals surface area contributed by atoms with E-state index in [1.165, 1.54) is 20.0 Å². The molecule has 24 heavy (non-hydrogen) atoms. The van der Waals surface area contributed by atoms with Gasteiger partial charge in [-0.3, -0.25) is 0 Å². The van der Waals surface area contributed by atoms with E-state index < -0.39 is 17.7 Å². The van der Waals surface area contributed by atoms with Crippen molar-refractivity contribution < 1.29 is 23.5 Å². The third kappa shape index (κ3) is 3.27. The van der Waals surface area contributed by atoms with Crippen molar-refractivity contribution in [3.63, 3.8) is 0 Å². The summed E-state index contributed by atoms with van der Waals surface area (Å²) in [5, 5.41) is 10.6. The number of hydrogen-bond donors (Lipinski definition) is 1. The summed E-state index contributed by atoms with van der Waals surface area (Å²) < 4.78 is 15.4. The number of hydrogen-bond acceptors (Lipinski definition) is 8. The van der Waals surface area contributed by atoms with E-state index >= 15 is 0 Å². The highest BCUT2D eigenvalue weighted by molar-refractivity contribution is 6.15. The van der Waals surface area contributed by atoms with Crippen molar-refractivity contribution >= 4 is 17.6 Å². The molecule has 1 fully saturated rings. The third-order valence-electron chi connectivity index (χ3n) is 3.14. The Bertz CT molecular complexity index is 816. The van der Waals surface area contributed by atoms with E-state index in [0.717, 1.165) is 0 Å². The van der Waals surface area contributed by atoms with Crippen LogP contribution in [0.1, 0.15) is 19.7 Å². The molecule has 0 radical (unpaired) electrons. The van der Waals surface area contributed by atoms with Gasteiger partial charge in [0, 0.05) is 38.2 Å². The fourth-order valence-electron chi connectivity index (χ4n) is 2.09. The van der Waals surface area contributed by atoms with Crippen LogP contribution in [0.25, 0.3) is 11.5 Å². The number of aromatic nitrogens is 2. The van der Waals surface area contributed by atoms with E-state index in [9.17, 15) is 9.59 Å². The molecule has 3 rings (SSSR count). The van der Waals surface area contributed by atoms with Gasteiger partial charge in [-0.1, -0.05) is 6.07 Å². The summed E-state index contributed by atoms with van der Waals surface area (Å²) in [4.78, 5) is 23.7. The lowest BCUT2D eigenvalue weighted by atomic mass is 10.2. The van der Waals surface area contributed by atoms with Crippen LogP contribution in [0.3, 0.4) is 0 Å². The molecule has 0 atom stereocenters. The van der Waals surface area contributed by atoms with Crippen molar-refractivity contribution in [1.29, 1.82) is 0 Å². The van der Waals surface area contributed by atoms with E-state index in [1.807, 2.05) is 0 Å².